The molecular weight excluding hydrogens is 404 g/mol. The molecule has 5 rings (SSSR count). The fourth-order valence-corrected chi connectivity index (χ4v) is 4.58. The number of hydrogen-bond acceptors (Lipinski definition) is 6. The van der Waals surface area contributed by atoms with E-state index in [0.29, 0.717) is 18.9 Å². The van der Waals surface area contributed by atoms with Gasteiger partial charge in [-0.15, -0.1) is 11.3 Å². The van der Waals surface area contributed by atoms with Crippen LogP contribution in [0.1, 0.15) is 12.8 Å². The van der Waals surface area contributed by atoms with Gasteiger partial charge in [0.25, 0.3) is 5.92 Å². The van der Waals surface area contributed by atoms with Crippen molar-refractivity contribution in [3.05, 3.63) is 61.1 Å². The highest BCUT2D eigenvalue weighted by atomic mass is 32.1. The molecule has 30 heavy (non-hydrogen) atoms. The summed E-state index contributed by atoms with van der Waals surface area (Å²) >= 11 is 1.61. The number of rotatable bonds is 4. The van der Waals surface area contributed by atoms with E-state index in [2.05, 4.69) is 15.3 Å². The van der Waals surface area contributed by atoms with Crippen molar-refractivity contribution in [3.63, 3.8) is 0 Å². The molecule has 1 aromatic carbocycles. The van der Waals surface area contributed by atoms with Crippen LogP contribution in [-0.4, -0.2) is 34.0 Å². The van der Waals surface area contributed by atoms with Gasteiger partial charge in [-0.1, -0.05) is 30.3 Å². The van der Waals surface area contributed by atoms with E-state index in [1.54, 1.807) is 29.9 Å². The third kappa shape index (κ3) is 3.70. The normalized spacial score (nSPS) is 16.0. The molecule has 0 aliphatic carbocycles. The summed E-state index contributed by atoms with van der Waals surface area (Å²) in [6.45, 7) is 0.607. The van der Waals surface area contributed by atoms with Gasteiger partial charge in [0, 0.05) is 43.9 Å². The Hall–Kier alpha value is -3.13. The molecule has 0 amide bonds. The summed E-state index contributed by atoms with van der Waals surface area (Å²) in [5.41, 5.74) is 3.41. The number of halogens is 2. The lowest BCUT2D eigenvalue weighted by Crippen LogP contribution is -2.39. The van der Waals surface area contributed by atoms with Crippen LogP contribution in [0.3, 0.4) is 0 Å². The van der Waals surface area contributed by atoms with Crippen molar-refractivity contribution in [2.24, 2.45) is 0 Å². The predicted octanol–water partition coefficient (Wildman–Crippen LogP) is 5.73. The molecule has 0 unspecified atom stereocenters. The van der Waals surface area contributed by atoms with Crippen LogP contribution >= 0.6 is 11.3 Å². The Balaban J connectivity index is 1.47. The van der Waals surface area contributed by atoms with Crippen molar-refractivity contribution in [2.75, 3.05) is 23.3 Å². The van der Waals surface area contributed by atoms with Crippen LogP contribution in [0, 0.1) is 0 Å². The van der Waals surface area contributed by atoms with E-state index in [-0.39, 0.29) is 12.8 Å². The highest BCUT2D eigenvalue weighted by Gasteiger charge is 2.34. The van der Waals surface area contributed by atoms with Crippen LogP contribution in [0.2, 0.25) is 0 Å². The summed E-state index contributed by atoms with van der Waals surface area (Å²) in [4.78, 5) is 15.5. The van der Waals surface area contributed by atoms with Crippen LogP contribution in [0.4, 0.5) is 26.0 Å². The van der Waals surface area contributed by atoms with Gasteiger partial charge in [-0.2, -0.15) is 0 Å². The van der Waals surface area contributed by atoms with Gasteiger partial charge in [0.2, 0.25) is 0 Å². The number of nitrogens with zero attached hydrogens (tertiary/aromatic N) is 4. The van der Waals surface area contributed by atoms with Gasteiger partial charge in [-0.3, -0.25) is 4.98 Å². The molecule has 1 saturated heterocycles. The lowest BCUT2D eigenvalue weighted by atomic mass is 10.1. The Bertz CT molecular complexity index is 1170. The molecule has 8 heteroatoms. The van der Waals surface area contributed by atoms with E-state index < -0.39 is 5.92 Å². The molecule has 4 aromatic rings. The molecule has 1 N–H and O–H groups in total. The van der Waals surface area contributed by atoms with E-state index in [9.17, 15) is 8.78 Å². The Morgan fingerprint density at radius 1 is 1.00 bits per heavy atom. The number of hydrogen-bond donors (Lipinski definition) is 1. The number of anilines is 3. The van der Waals surface area contributed by atoms with Gasteiger partial charge in [0.1, 0.15) is 10.5 Å². The molecule has 0 radical (unpaired) electrons. The second-order valence-electron chi connectivity index (χ2n) is 7.25. The molecule has 3 aromatic heterocycles. The monoisotopic (exact) mass is 423 g/mol. The third-order valence-corrected chi connectivity index (χ3v) is 6.28. The fraction of sp³-hybridized carbons (Fsp3) is 0.227. The Morgan fingerprint density at radius 3 is 2.60 bits per heavy atom. The van der Waals surface area contributed by atoms with E-state index in [4.69, 9.17) is 4.98 Å². The number of pyridine rings is 2. The topological polar surface area (TPSA) is 53.9 Å². The number of fused-ring (bicyclic) bond motifs is 1. The molecule has 1 aliphatic rings. The van der Waals surface area contributed by atoms with Gasteiger partial charge in [0.15, 0.2) is 5.82 Å². The Morgan fingerprint density at radius 2 is 1.80 bits per heavy atom. The van der Waals surface area contributed by atoms with Crippen LogP contribution in [0.5, 0.6) is 0 Å². The van der Waals surface area contributed by atoms with Gasteiger partial charge >= 0.3 is 0 Å². The maximum atomic E-state index is 13.6. The SMILES string of the molecule is FC1(F)CCN(c2ccncc2Nc2nccc3sc(-c4ccccc4)nc23)CC1. The summed E-state index contributed by atoms with van der Waals surface area (Å²) in [6, 6.07) is 13.8. The van der Waals surface area contributed by atoms with E-state index >= 15 is 0 Å². The summed E-state index contributed by atoms with van der Waals surface area (Å²) in [5.74, 6) is -1.96. The molecule has 0 atom stereocenters. The molecule has 0 saturated carbocycles. The lowest BCUT2D eigenvalue weighted by Gasteiger charge is -2.34. The maximum Gasteiger partial charge on any atom is 0.251 e. The fourth-order valence-electron chi connectivity index (χ4n) is 3.61. The number of nitrogens with one attached hydrogen (secondary N) is 1. The summed E-state index contributed by atoms with van der Waals surface area (Å²) in [6.07, 6.45) is 4.84. The van der Waals surface area contributed by atoms with Crippen LogP contribution in [0.25, 0.3) is 20.8 Å². The van der Waals surface area contributed by atoms with Crippen molar-refractivity contribution in [3.8, 4) is 10.6 Å². The molecule has 0 spiro atoms. The van der Waals surface area contributed by atoms with Crippen LogP contribution in [0.15, 0.2) is 61.1 Å². The average Bonchev–Trinajstić information content (AvgIpc) is 3.21. The zero-order chi connectivity index (χ0) is 20.6. The first-order chi connectivity index (χ1) is 14.6. The summed E-state index contributed by atoms with van der Waals surface area (Å²) in [5, 5.41) is 4.26. The third-order valence-electron chi connectivity index (χ3n) is 5.21. The summed E-state index contributed by atoms with van der Waals surface area (Å²) < 4.78 is 28.2. The van der Waals surface area contributed by atoms with Crippen molar-refractivity contribution in [1.29, 1.82) is 0 Å². The van der Waals surface area contributed by atoms with Crippen LogP contribution < -0.4 is 10.2 Å². The highest BCUT2D eigenvalue weighted by Crippen LogP contribution is 2.37. The molecule has 1 fully saturated rings. The summed E-state index contributed by atoms with van der Waals surface area (Å²) in [7, 11) is 0. The maximum absolute atomic E-state index is 13.6. The lowest BCUT2D eigenvalue weighted by molar-refractivity contribution is -0.0220. The van der Waals surface area contributed by atoms with Crippen molar-refractivity contribution in [1.82, 2.24) is 15.0 Å². The smallest absolute Gasteiger partial charge is 0.251 e. The molecule has 5 nitrogen and oxygen atoms in total. The number of alkyl halides is 2. The van der Waals surface area contributed by atoms with Gasteiger partial charge in [-0.25, -0.2) is 18.7 Å². The van der Waals surface area contributed by atoms with E-state index in [0.717, 1.165) is 32.2 Å². The predicted molar refractivity (Wildman–Crippen MR) is 117 cm³/mol. The van der Waals surface area contributed by atoms with E-state index in [1.807, 2.05) is 47.4 Å². The molecule has 0 bridgehead atoms. The largest absolute Gasteiger partial charge is 0.369 e. The van der Waals surface area contributed by atoms with Gasteiger partial charge in [0.05, 0.1) is 22.3 Å². The highest BCUT2D eigenvalue weighted by molar-refractivity contribution is 7.21. The van der Waals surface area contributed by atoms with Gasteiger partial charge in [-0.05, 0) is 12.1 Å². The van der Waals surface area contributed by atoms with Gasteiger partial charge < -0.3 is 10.2 Å². The van der Waals surface area contributed by atoms with E-state index in [1.165, 1.54) is 0 Å². The van der Waals surface area contributed by atoms with Crippen LogP contribution in [-0.2, 0) is 0 Å². The number of aromatic nitrogens is 3. The number of benzene rings is 1. The minimum atomic E-state index is -2.58. The minimum Gasteiger partial charge on any atom is -0.369 e. The Kier molecular flexibility index (Phi) is 4.78. The standard InChI is InChI=1S/C22H19F2N5S/c23-22(24)8-12-29(13-9-22)17-6-10-25-14-16(17)27-20-19-18(7-11-26-20)30-21(28-19)15-4-2-1-3-5-15/h1-7,10-11,14H,8-9,12-13H2,(H,26,27). The van der Waals surface area contributed by atoms with Crippen molar-refractivity contribution < 1.29 is 8.78 Å². The molecule has 1 aliphatic heterocycles. The molecule has 152 valence electrons. The first-order valence-corrected chi connectivity index (χ1v) is 10.6. The quantitative estimate of drug-likeness (QED) is 0.454. The van der Waals surface area contributed by atoms with Crippen molar-refractivity contribution in [2.45, 2.75) is 18.8 Å². The molecular formula is C22H19F2N5S. The Labute approximate surface area is 176 Å². The zero-order valence-corrected chi connectivity index (χ0v) is 16.9. The number of piperidine rings is 1. The zero-order valence-electron chi connectivity index (χ0n) is 16.1. The average molecular weight is 423 g/mol. The first-order valence-electron chi connectivity index (χ1n) is 9.74. The van der Waals surface area contributed by atoms with Crippen molar-refractivity contribution >= 4 is 38.7 Å². The number of thiazole rings is 1. The minimum absolute atomic E-state index is 0.144. The second-order valence-corrected chi connectivity index (χ2v) is 8.28. The molecule has 4 heterocycles. The second kappa shape index (κ2) is 7.60. The first kappa shape index (κ1) is 18.9.